The Morgan fingerprint density at radius 2 is 1.90 bits per heavy atom. The third kappa shape index (κ3) is 2.49. The van der Waals surface area contributed by atoms with Crippen molar-refractivity contribution >= 4 is 5.69 Å². The Morgan fingerprint density at radius 1 is 1.10 bits per heavy atom. The highest BCUT2D eigenvalue weighted by Gasteiger charge is 2.09. The summed E-state index contributed by atoms with van der Waals surface area (Å²) in [6.45, 7) is 2.10. The van der Waals surface area contributed by atoms with Gasteiger partial charge in [0.15, 0.2) is 0 Å². The summed E-state index contributed by atoms with van der Waals surface area (Å²) in [5, 5.41) is 14.8. The van der Waals surface area contributed by atoms with Crippen LogP contribution in [0.25, 0.3) is 5.69 Å². The molecule has 0 aliphatic heterocycles. The lowest BCUT2D eigenvalue weighted by molar-refractivity contribution is 0.785. The molecular weight excluding hydrogens is 252 g/mol. The summed E-state index contributed by atoms with van der Waals surface area (Å²) in [5.74, 6) is 0. The fourth-order valence-electron chi connectivity index (χ4n) is 2.04. The average Bonchev–Trinajstić information content (AvgIpc) is 3.03. The van der Waals surface area contributed by atoms with Gasteiger partial charge in [0, 0.05) is 18.4 Å². The van der Waals surface area contributed by atoms with Gasteiger partial charge < -0.3 is 5.32 Å². The predicted molar refractivity (Wildman–Crippen MR) is 75.4 cm³/mol. The topological polar surface area (TPSA) is 68.5 Å². The Hall–Kier alpha value is -2.76. The summed E-state index contributed by atoms with van der Waals surface area (Å²) in [6.07, 6.45) is 5.17. The maximum absolute atomic E-state index is 4.03. The Bertz CT molecular complexity index is 665. The van der Waals surface area contributed by atoms with Crippen LogP contribution in [0.15, 0.2) is 55.1 Å². The molecule has 3 aromatic rings. The second kappa shape index (κ2) is 5.48. The van der Waals surface area contributed by atoms with Crippen LogP contribution in [-0.2, 0) is 0 Å². The molecule has 1 atom stereocenters. The van der Waals surface area contributed by atoms with Crippen LogP contribution in [0.5, 0.6) is 0 Å². The average molecular weight is 266 g/mol. The minimum atomic E-state index is 0.163. The molecule has 6 heteroatoms. The normalized spacial score (nSPS) is 12.1. The Morgan fingerprint density at radius 3 is 2.65 bits per heavy atom. The highest BCUT2D eigenvalue weighted by Crippen LogP contribution is 2.24. The van der Waals surface area contributed by atoms with Crippen molar-refractivity contribution in [2.75, 3.05) is 5.32 Å². The van der Waals surface area contributed by atoms with Crippen LogP contribution in [0.2, 0.25) is 0 Å². The van der Waals surface area contributed by atoms with Gasteiger partial charge in [-0.05, 0) is 47.2 Å². The largest absolute Gasteiger partial charge is 0.377 e. The van der Waals surface area contributed by atoms with Gasteiger partial charge in [-0.1, -0.05) is 12.1 Å². The number of benzene rings is 1. The number of nitrogens with zero attached hydrogens (tertiary/aromatic N) is 5. The van der Waals surface area contributed by atoms with E-state index in [2.05, 4.69) is 32.7 Å². The number of hydrogen-bond acceptors (Lipinski definition) is 5. The van der Waals surface area contributed by atoms with Crippen molar-refractivity contribution < 1.29 is 0 Å². The molecule has 0 aliphatic carbocycles. The van der Waals surface area contributed by atoms with Crippen molar-refractivity contribution in [3.05, 3.63) is 60.7 Å². The van der Waals surface area contributed by atoms with Crippen LogP contribution in [0.4, 0.5) is 5.69 Å². The van der Waals surface area contributed by atoms with E-state index in [1.54, 1.807) is 23.4 Å². The lowest BCUT2D eigenvalue weighted by atomic mass is 10.1. The summed E-state index contributed by atoms with van der Waals surface area (Å²) >= 11 is 0. The predicted octanol–water partition coefficient (Wildman–Crippen LogP) is 2.23. The van der Waals surface area contributed by atoms with Crippen LogP contribution >= 0.6 is 0 Å². The van der Waals surface area contributed by atoms with Crippen LogP contribution in [0.3, 0.4) is 0 Å². The van der Waals surface area contributed by atoms with Crippen LogP contribution in [-0.4, -0.2) is 25.2 Å². The van der Waals surface area contributed by atoms with Crippen LogP contribution in [0, 0.1) is 0 Å². The third-order valence-electron chi connectivity index (χ3n) is 3.08. The molecule has 0 aliphatic rings. The molecule has 0 saturated heterocycles. The molecule has 20 heavy (non-hydrogen) atoms. The van der Waals surface area contributed by atoms with Crippen molar-refractivity contribution in [3.63, 3.8) is 0 Å². The summed E-state index contributed by atoms with van der Waals surface area (Å²) in [4.78, 5) is 4.03. The second-order valence-corrected chi connectivity index (χ2v) is 4.42. The van der Waals surface area contributed by atoms with Crippen LogP contribution < -0.4 is 5.32 Å². The molecule has 1 unspecified atom stereocenters. The molecule has 100 valence electrons. The molecule has 2 aromatic heterocycles. The van der Waals surface area contributed by atoms with Gasteiger partial charge in [-0.3, -0.25) is 4.98 Å². The highest BCUT2D eigenvalue weighted by atomic mass is 15.5. The van der Waals surface area contributed by atoms with E-state index in [0.717, 1.165) is 11.4 Å². The van der Waals surface area contributed by atoms with Gasteiger partial charge in [0.25, 0.3) is 0 Å². The first-order valence-corrected chi connectivity index (χ1v) is 6.33. The molecule has 0 spiro atoms. The standard InChI is InChI=1S/C14H14N6/c1-11(12-6-8-15-9-7-12)17-13-4-2-3-5-14(13)20-10-16-18-19-20/h2-11,17H,1H3. The molecule has 6 nitrogen and oxygen atoms in total. The van der Waals surface area contributed by atoms with E-state index in [9.17, 15) is 0 Å². The monoisotopic (exact) mass is 266 g/mol. The minimum Gasteiger partial charge on any atom is -0.377 e. The first kappa shape index (κ1) is 12.3. The number of anilines is 1. The van der Waals surface area contributed by atoms with Gasteiger partial charge in [0.1, 0.15) is 6.33 Å². The van der Waals surface area contributed by atoms with Gasteiger partial charge in [-0.25, -0.2) is 0 Å². The molecule has 0 radical (unpaired) electrons. The maximum Gasteiger partial charge on any atom is 0.143 e. The van der Waals surface area contributed by atoms with E-state index in [1.165, 1.54) is 5.56 Å². The van der Waals surface area contributed by atoms with Gasteiger partial charge >= 0.3 is 0 Å². The number of hydrogen-bond donors (Lipinski definition) is 1. The highest BCUT2D eigenvalue weighted by molar-refractivity contribution is 5.61. The van der Waals surface area contributed by atoms with Gasteiger partial charge in [0.05, 0.1) is 11.4 Å². The summed E-state index contributed by atoms with van der Waals surface area (Å²) < 4.78 is 1.64. The third-order valence-corrected chi connectivity index (χ3v) is 3.08. The zero-order chi connectivity index (χ0) is 13.8. The number of para-hydroxylation sites is 2. The molecule has 3 rings (SSSR count). The minimum absolute atomic E-state index is 0.163. The first-order valence-electron chi connectivity index (χ1n) is 6.33. The van der Waals surface area contributed by atoms with E-state index in [4.69, 9.17) is 0 Å². The summed E-state index contributed by atoms with van der Waals surface area (Å²) in [6, 6.07) is 12.1. The maximum atomic E-state index is 4.03. The number of pyridine rings is 1. The first-order chi connectivity index (χ1) is 9.84. The summed E-state index contributed by atoms with van der Waals surface area (Å²) in [7, 11) is 0. The van der Waals surface area contributed by atoms with E-state index in [1.807, 2.05) is 36.4 Å². The smallest absolute Gasteiger partial charge is 0.143 e. The van der Waals surface area contributed by atoms with E-state index >= 15 is 0 Å². The lowest BCUT2D eigenvalue weighted by Gasteiger charge is -2.17. The Labute approximate surface area is 116 Å². The molecule has 0 amide bonds. The zero-order valence-electron chi connectivity index (χ0n) is 11.0. The van der Waals surface area contributed by atoms with Crippen molar-refractivity contribution in [3.8, 4) is 5.69 Å². The quantitative estimate of drug-likeness (QED) is 0.784. The van der Waals surface area contributed by atoms with Gasteiger partial charge in [-0.2, -0.15) is 4.68 Å². The van der Waals surface area contributed by atoms with Crippen molar-refractivity contribution in [2.24, 2.45) is 0 Å². The van der Waals surface area contributed by atoms with E-state index < -0.39 is 0 Å². The van der Waals surface area contributed by atoms with Crippen molar-refractivity contribution in [1.82, 2.24) is 25.2 Å². The SMILES string of the molecule is CC(Nc1ccccc1-n1cnnn1)c1ccncc1. The number of nitrogens with one attached hydrogen (secondary N) is 1. The molecule has 0 bridgehead atoms. The second-order valence-electron chi connectivity index (χ2n) is 4.42. The molecule has 1 N–H and O–H groups in total. The fourth-order valence-corrected chi connectivity index (χ4v) is 2.04. The molecule has 0 saturated carbocycles. The number of tetrazole rings is 1. The van der Waals surface area contributed by atoms with Gasteiger partial charge in [-0.15, -0.1) is 5.10 Å². The van der Waals surface area contributed by atoms with Crippen molar-refractivity contribution in [1.29, 1.82) is 0 Å². The summed E-state index contributed by atoms with van der Waals surface area (Å²) in [5.41, 5.74) is 3.06. The Balaban J connectivity index is 1.88. The molecule has 0 fully saturated rings. The molecule has 2 heterocycles. The zero-order valence-corrected chi connectivity index (χ0v) is 11.0. The lowest BCUT2D eigenvalue weighted by Crippen LogP contribution is -2.09. The Kier molecular flexibility index (Phi) is 3.36. The number of rotatable bonds is 4. The molecule has 1 aromatic carbocycles. The fraction of sp³-hybridized carbons (Fsp3) is 0.143. The molecular formula is C14H14N6. The number of aromatic nitrogens is 5. The van der Waals surface area contributed by atoms with Crippen LogP contribution in [0.1, 0.15) is 18.5 Å². The van der Waals surface area contributed by atoms with E-state index in [-0.39, 0.29) is 6.04 Å². The van der Waals surface area contributed by atoms with Gasteiger partial charge in [0.2, 0.25) is 0 Å². The van der Waals surface area contributed by atoms with E-state index in [0.29, 0.717) is 0 Å². The van der Waals surface area contributed by atoms with Crippen molar-refractivity contribution in [2.45, 2.75) is 13.0 Å².